The van der Waals surface area contributed by atoms with Crippen LogP contribution in [0.2, 0.25) is 0 Å². The summed E-state index contributed by atoms with van der Waals surface area (Å²) in [5.41, 5.74) is 12.0. The van der Waals surface area contributed by atoms with Gasteiger partial charge in [0.2, 0.25) is 0 Å². The normalized spacial score (nSPS) is 14.7. The standard InChI is InChI=1S/C26H27N7O/c1-18-11-31-33(13-18)15-20-4-2-19(3-5-20)14-32-16-24(30-17-32)26(34)29-12-21-6-7-23-22(10-21)8-9-28-25(23)27/h2-9,11,13,16-17,21H,10,12,14-15H2,1H3,(H2,27,28)(H,29,34). The fourth-order valence-electron chi connectivity index (χ4n) is 4.20. The van der Waals surface area contributed by atoms with Crippen LogP contribution in [0.5, 0.6) is 0 Å². The number of hydrogen-bond donors (Lipinski definition) is 2. The van der Waals surface area contributed by atoms with E-state index >= 15 is 0 Å². The molecule has 0 aliphatic heterocycles. The molecular weight excluding hydrogens is 426 g/mol. The van der Waals surface area contributed by atoms with Gasteiger partial charge in [-0.15, -0.1) is 0 Å². The molecule has 8 heteroatoms. The van der Waals surface area contributed by atoms with Crippen molar-refractivity contribution in [3.05, 3.63) is 101 Å². The van der Waals surface area contributed by atoms with Crippen molar-refractivity contribution >= 4 is 17.8 Å². The predicted molar refractivity (Wildman–Crippen MR) is 131 cm³/mol. The molecule has 172 valence electrons. The Balaban J connectivity index is 1.14. The first-order valence-corrected chi connectivity index (χ1v) is 11.3. The summed E-state index contributed by atoms with van der Waals surface area (Å²) >= 11 is 0. The van der Waals surface area contributed by atoms with Crippen LogP contribution in [-0.2, 0) is 19.5 Å². The van der Waals surface area contributed by atoms with Gasteiger partial charge in [-0.05, 0) is 47.6 Å². The summed E-state index contributed by atoms with van der Waals surface area (Å²) < 4.78 is 3.85. The summed E-state index contributed by atoms with van der Waals surface area (Å²) in [5, 5.41) is 7.34. The lowest BCUT2D eigenvalue weighted by Crippen LogP contribution is -2.30. The van der Waals surface area contributed by atoms with Gasteiger partial charge in [-0.2, -0.15) is 5.10 Å². The Labute approximate surface area is 198 Å². The second-order valence-corrected chi connectivity index (χ2v) is 8.77. The summed E-state index contributed by atoms with van der Waals surface area (Å²) in [6, 6.07) is 10.4. The topological polar surface area (TPSA) is 104 Å². The number of imidazole rings is 1. The highest BCUT2D eigenvalue weighted by molar-refractivity contribution is 5.92. The monoisotopic (exact) mass is 453 g/mol. The van der Waals surface area contributed by atoms with Crippen molar-refractivity contribution < 1.29 is 4.79 Å². The van der Waals surface area contributed by atoms with E-state index in [1.165, 1.54) is 5.56 Å². The molecule has 1 atom stereocenters. The third-order valence-corrected chi connectivity index (χ3v) is 6.01. The van der Waals surface area contributed by atoms with Crippen molar-refractivity contribution in [1.82, 2.24) is 29.6 Å². The lowest BCUT2D eigenvalue weighted by atomic mass is 9.90. The van der Waals surface area contributed by atoms with Gasteiger partial charge in [-0.3, -0.25) is 9.48 Å². The van der Waals surface area contributed by atoms with Crippen molar-refractivity contribution in [2.45, 2.75) is 26.4 Å². The fraction of sp³-hybridized carbons (Fsp3) is 0.231. The van der Waals surface area contributed by atoms with E-state index in [0.29, 0.717) is 24.6 Å². The lowest BCUT2D eigenvalue weighted by molar-refractivity contribution is 0.0945. The number of aromatic nitrogens is 5. The Bertz CT molecular complexity index is 1330. The number of anilines is 1. The third kappa shape index (κ3) is 4.91. The number of nitrogens with two attached hydrogens (primary N) is 1. The molecule has 0 saturated carbocycles. The smallest absolute Gasteiger partial charge is 0.271 e. The molecule has 1 amide bonds. The molecule has 5 rings (SSSR count). The van der Waals surface area contributed by atoms with Gasteiger partial charge >= 0.3 is 0 Å². The van der Waals surface area contributed by atoms with Crippen molar-refractivity contribution in [1.29, 1.82) is 0 Å². The van der Waals surface area contributed by atoms with Crippen molar-refractivity contribution in [3.63, 3.8) is 0 Å². The summed E-state index contributed by atoms with van der Waals surface area (Å²) in [6.07, 6.45) is 14.0. The molecule has 3 heterocycles. The zero-order valence-corrected chi connectivity index (χ0v) is 19.1. The molecule has 1 unspecified atom stereocenters. The van der Waals surface area contributed by atoms with Gasteiger partial charge in [0, 0.05) is 37.2 Å². The van der Waals surface area contributed by atoms with Gasteiger partial charge < -0.3 is 15.6 Å². The average molecular weight is 454 g/mol. The number of nitrogens with zero attached hydrogens (tertiary/aromatic N) is 5. The van der Waals surface area contributed by atoms with Crippen molar-refractivity contribution in [3.8, 4) is 0 Å². The Kier molecular flexibility index (Phi) is 5.95. The minimum atomic E-state index is -0.169. The molecule has 34 heavy (non-hydrogen) atoms. The highest BCUT2D eigenvalue weighted by Gasteiger charge is 2.17. The van der Waals surface area contributed by atoms with E-state index < -0.39 is 0 Å². The maximum Gasteiger partial charge on any atom is 0.271 e. The lowest BCUT2D eigenvalue weighted by Gasteiger charge is -2.20. The molecule has 3 N–H and O–H groups in total. The Morgan fingerprint density at radius 2 is 1.91 bits per heavy atom. The Morgan fingerprint density at radius 1 is 1.12 bits per heavy atom. The van der Waals surface area contributed by atoms with E-state index in [2.05, 4.69) is 50.7 Å². The van der Waals surface area contributed by atoms with Gasteiger partial charge in [-0.25, -0.2) is 9.97 Å². The Hall–Kier alpha value is -4.20. The minimum Gasteiger partial charge on any atom is -0.383 e. The number of aryl methyl sites for hydroxylation is 1. The average Bonchev–Trinajstić information content (AvgIpc) is 3.47. The van der Waals surface area contributed by atoms with Crippen LogP contribution in [-0.4, -0.2) is 36.8 Å². The minimum absolute atomic E-state index is 0.169. The molecule has 4 aromatic rings. The van der Waals surface area contributed by atoms with E-state index in [1.807, 2.05) is 40.7 Å². The molecule has 0 fully saturated rings. The first-order chi connectivity index (χ1) is 16.5. The molecule has 8 nitrogen and oxygen atoms in total. The number of nitrogen functional groups attached to an aromatic ring is 1. The molecule has 0 bridgehead atoms. The Morgan fingerprint density at radius 3 is 2.68 bits per heavy atom. The third-order valence-electron chi connectivity index (χ3n) is 6.01. The number of hydrogen-bond acceptors (Lipinski definition) is 5. The van der Waals surface area contributed by atoms with Gasteiger partial charge in [0.25, 0.3) is 5.91 Å². The van der Waals surface area contributed by atoms with Gasteiger partial charge in [-0.1, -0.05) is 36.4 Å². The van der Waals surface area contributed by atoms with E-state index in [1.54, 1.807) is 18.7 Å². The van der Waals surface area contributed by atoms with Crippen LogP contribution in [0.3, 0.4) is 0 Å². The number of amides is 1. The summed E-state index contributed by atoms with van der Waals surface area (Å²) in [6.45, 7) is 3.97. The summed E-state index contributed by atoms with van der Waals surface area (Å²) in [7, 11) is 0. The van der Waals surface area contributed by atoms with Crippen molar-refractivity contribution in [2.75, 3.05) is 12.3 Å². The number of rotatable bonds is 7. The highest BCUT2D eigenvalue weighted by Crippen LogP contribution is 2.25. The quantitative estimate of drug-likeness (QED) is 0.448. The van der Waals surface area contributed by atoms with E-state index in [-0.39, 0.29) is 11.8 Å². The zero-order chi connectivity index (χ0) is 23.5. The van der Waals surface area contributed by atoms with Gasteiger partial charge in [0.15, 0.2) is 0 Å². The maximum absolute atomic E-state index is 12.6. The van der Waals surface area contributed by atoms with Crippen LogP contribution in [0.15, 0.2) is 67.5 Å². The number of nitrogens with one attached hydrogen (secondary N) is 1. The van der Waals surface area contributed by atoms with E-state index in [0.717, 1.165) is 35.2 Å². The molecule has 0 radical (unpaired) electrons. The first-order valence-electron chi connectivity index (χ1n) is 11.3. The van der Waals surface area contributed by atoms with E-state index in [4.69, 9.17) is 5.73 Å². The van der Waals surface area contributed by atoms with Crippen molar-refractivity contribution in [2.24, 2.45) is 5.92 Å². The van der Waals surface area contributed by atoms with Crippen LogP contribution < -0.4 is 11.1 Å². The molecule has 1 aliphatic rings. The predicted octanol–water partition coefficient (Wildman–Crippen LogP) is 3.08. The number of benzene rings is 1. The van der Waals surface area contributed by atoms with Gasteiger partial charge in [0.05, 0.1) is 19.1 Å². The van der Waals surface area contributed by atoms with Gasteiger partial charge in [0.1, 0.15) is 11.5 Å². The molecule has 0 saturated heterocycles. The largest absolute Gasteiger partial charge is 0.383 e. The second-order valence-electron chi connectivity index (χ2n) is 8.77. The summed E-state index contributed by atoms with van der Waals surface area (Å²) in [5.74, 6) is 0.589. The highest BCUT2D eigenvalue weighted by atomic mass is 16.1. The maximum atomic E-state index is 12.6. The second kappa shape index (κ2) is 9.35. The number of pyridine rings is 1. The van der Waals surface area contributed by atoms with Crippen LogP contribution in [0, 0.1) is 12.8 Å². The molecule has 0 spiro atoms. The van der Waals surface area contributed by atoms with Crippen LogP contribution in [0.25, 0.3) is 6.08 Å². The number of fused-ring (bicyclic) bond motifs is 1. The molecular formula is C26H27N7O. The SMILES string of the molecule is Cc1cnn(Cc2ccc(Cn3cnc(C(=O)NCC4C=Cc5c(ccnc5N)C4)c3)cc2)c1. The number of carbonyl (C=O) groups is 1. The van der Waals surface area contributed by atoms with Crippen LogP contribution in [0.1, 0.15) is 38.3 Å². The zero-order valence-electron chi connectivity index (χ0n) is 19.1. The first kappa shape index (κ1) is 21.6. The van der Waals surface area contributed by atoms with E-state index in [9.17, 15) is 4.79 Å². The van der Waals surface area contributed by atoms with Crippen LogP contribution in [0.4, 0.5) is 5.82 Å². The molecule has 1 aromatic carbocycles. The molecule has 1 aliphatic carbocycles. The number of carbonyl (C=O) groups excluding carboxylic acids is 1. The summed E-state index contributed by atoms with van der Waals surface area (Å²) in [4.78, 5) is 21.0. The van der Waals surface area contributed by atoms with Crippen LogP contribution >= 0.6 is 0 Å². The molecule has 3 aromatic heterocycles. The fourth-order valence-corrected chi connectivity index (χ4v) is 4.20.